The van der Waals surface area contributed by atoms with Crippen molar-refractivity contribution in [2.45, 2.75) is 5.41 Å². The zero-order valence-electron chi connectivity index (χ0n) is 36.4. The van der Waals surface area contributed by atoms with Gasteiger partial charge in [-0.2, -0.15) is 0 Å². The molecule has 1 aliphatic carbocycles. The SMILES string of the molecule is [2H]c1c([2H])c([2H])c(C2(c3cccc4c3sc3ccccc34)c3ccc(N(c4ccccc4)c4ccccc4)cc3-c3cc(N(c4ccccc4)c4ccccc4)ccc32)c([2H])c1[2H]. The summed E-state index contributed by atoms with van der Waals surface area (Å²) in [6.45, 7) is 0. The van der Waals surface area contributed by atoms with E-state index in [0.717, 1.165) is 82.1 Å². The number of hydrogen-bond donors (Lipinski definition) is 0. The Morgan fingerprint density at radius 2 is 0.828 bits per heavy atom. The van der Waals surface area contributed by atoms with Crippen molar-refractivity contribution in [1.29, 1.82) is 0 Å². The minimum absolute atomic E-state index is 0.225. The van der Waals surface area contributed by atoms with E-state index < -0.39 is 11.5 Å². The summed E-state index contributed by atoms with van der Waals surface area (Å²) in [7, 11) is 0. The fourth-order valence-electron chi connectivity index (χ4n) is 8.96. The van der Waals surface area contributed by atoms with Gasteiger partial charge in [0.2, 0.25) is 0 Å². The molecule has 9 aromatic carbocycles. The Kier molecular flexibility index (Phi) is 7.06. The van der Waals surface area contributed by atoms with Gasteiger partial charge in [-0.1, -0.05) is 152 Å². The summed E-state index contributed by atoms with van der Waals surface area (Å²) in [6.07, 6.45) is 0. The maximum absolute atomic E-state index is 9.76. The Labute approximate surface area is 350 Å². The van der Waals surface area contributed by atoms with E-state index in [1.54, 1.807) is 11.3 Å². The number of rotatable bonds is 8. The largest absolute Gasteiger partial charge is 0.310 e. The van der Waals surface area contributed by atoms with Crippen LogP contribution in [-0.4, -0.2) is 0 Å². The number of anilines is 6. The van der Waals surface area contributed by atoms with Gasteiger partial charge in [-0.05, 0) is 112 Å². The summed E-state index contributed by atoms with van der Waals surface area (Å²) in [5.74, 6) is 0. The first kappa shape index (κ1) is 29.1. The van der Waals surface area contributed by atoms with Crippen LogP contribution in [0, 0.1) is 0 Å². The fourth-order valence-corrected chi connectivity index (χ4v) is 10.2. The van der Waals surface area contributed by atoms with Gasteiger partial charge < -0.3 is 9.80 Å². The lowest BCUT2D eigenvalue weighted by Crippen LogP contribution is -2.28. The molecule has 3 heteroatoms. The summed E-state index contributed by atoms with van der Waals surface area (Å²) < 4.78 is 48.6. The van der Waals surface area contributed by atoms with Crippen molar-refractivity contribution in [2.24, 2.45) is 0 Å². The van der Waals surface area contributed by atoms with Crippen molar-refractivity contribution in [2.75, 3.05) is 9.80 Å². The van der Waals surface area contributed by atoms with Gasteiger partial charge in [-0.25, -0.2) is 0 Å². The molecule has 1 heterocycles. The van der Waals surface area contributed by atoms with Gasteiger partial charge in [-0.3, -0.25) is 0 Å². The van der Waals surface area contributed by atoms with Crippen molar-refractivity contribution in [3.8, 4) is 11.1 Å². The number of para-hydroxylation sites is 4. The predicted molar refractivity (Wildman–Crippen MR) is 246 cm³/mol. The molecular weight excluding hydrogens is 721 g/mol. The van der Waals surface area contributed by atoms with E-state index in [1.807, 2.05) is 91.0 Å². The van der Waals surface area contributed by atoms with Gasteiger partial charge in [0.25, 0.3) is 0 Å². The highest BCUT2D eigenvalue weighted by molar-refractivity contribution is 7.26. The summed E-state index contributed by atoms with van der Waals surface area (Å²) in [4.78, 5) is 4.47. The molecule has 1 aromatic heterocycles. The first-order chi connectivity index (χ1) is 30.9. The molecule has 0 radical (unpaired) electrons. The lowest BCUT2D eigenvalue weighted by Gasteiger charge is -2.35. The molecule has 10 aromatic rings. The fraction of sp³-hybridized carbons (Fsp3) is 0.0182. The molecule has 2 nitrogen and oxygen atoms in total. The average molecular weight is 764 g/mol. The van der Waals surface area contributed by atoms with Crippen molar-refractivity contribution in [1.82, 2.24) is 0 Å². The lowest BCUT2D eigenvalue weighted by molar-refractivity contribution is 0.778. The molecule has 0 spiro atoms. The predicted octanol–water partition coefficient (Wildman–Crippen LogP) is 15.4. The molecule has 0 aliphatic heterocycles. The molecule has 0 atom stereocenters. The second-order valence-electron chi connectivity index (χ2n) is 14.5. The Hall–Kier alpha value is -7.20. The Morgan fingerprint density at radius 3 is 1.33 bits per heavy atom. The molecule has 0 fully saturated rings. The molecule has 0 saturated heterocycles. The third-order valence-corrected chi connectivity index (χ3v) is 12.6. The van der Waals surface area contributed by atoms with Crippen LogP contribution in [0.25, 0.3) is 31.3 Å². The monoisotopic (exact) mass is 763 g/mol. The number of thiophene rings is 1. The summed E-state index contributed by atoms with van der Waals surface area (Å²) >= 11 is 1.68. The normalized spacial score (nSPS) is 13.8. The Morgan fingerprint density at radius 1 is 0.379 bits per heavy atom. The minimum atomic E-state index is -1.33. The van der Waals surface area contributed by atoms with Crippen molar-refractivity contribution in [3.05, 3.63) is 253 Å². The van der Waals surface area contributed by atoms with E-state index in [-0.39, 0.29) is 29.7 Å². The molecule has 274 valence electrons. The molecule has 11 rings (SSSR count). The second-order valence-corrected chi connectivity index (χ2v) is 15.6. The van der Waals surface area contributed by atoms with Crippen molar-refractivity contribution in [3.63, 3.8) is 0 Å². The maximum atomic E-state index is 9.76. The lowest BCUT2D eigenvalue weighted by atomic mass is 9.67. The van der Waals surface area contributed by atoms with Gasteiger partial charge in [0.15, 0.2) is 0 Å². The van der Waals surface area contributed by atoms with Crippen LogP contribution in [0.5, 0.6) is 0 Å². The third-order valence-electron chi connectivity index (χ3n) is 11.4. The molecule has 58 heavy (non-hydrogen) atoms. The van der Waals surface area contributed by atoms with E-state index in [0.29, 0.717) is 0 Å². The summed E-state index contributed by atoms with van der Waals surface area (Å²) in [5, 5.41) is 2.17. The van der Waals surface area contributed by atoms with Gasteiger partial charge >= 0.3 is 0 Å². The molecular formula is C55H38N2S. The van der Waals surface area contributed by atoms with Crippen LogP contribution in [0.4, 0.5) is 34.1 Å². The van der Waals surface area contributed by atoms with Crippen LogP contribution in [-0.2, 0) is 5.41 Å². The highest BCUT2D eigenvalue weighted by Crippen LogP contribution is 2.60. The average Bonchev–Trinajstić information content (AvgIpc) is 3.85. The second kappa shape index (κ2) is 14.1. The topological polar surface area (TPSA) is 6.48 Å². The van der Waals surface area contributed by atoms with Crippen LogP contribution in [0.1, 0.15) is 29.1 Å². The van der Waals surface area contributed by atoms with Crippen molar-refractivity contribution < 1.29 is 6.85 Å². The number of benzene rings is 9. The number of nitrogens with zero attached hydrogens (tertiary/aromatic N) is 2. The standard InChI is InChI=1S/C55H38N2S/c1-6-19-39(20-7-1)55(52-31-18-30-47-46-29-16-17-32-53(46)58-54(47)52)50-35-33-44(56(40-21-8-2-9-22-40)41-23-10-3-11-24-41)37-48(50)49-38-45(34-36-51(49)55)57(42-25-12-4-13-26-42)43-27-14-5-15-28-43/h1-38H/i1D,6D,7D,19D,20D. The Balaban J connectivity index is 1.29. The number of fused-ring (bicyclic) bond motifs is 6. The smallest absolute Gasteiger partial charge is 0.0727 e. The van der Waals surface area contributed by atoms with Crippen LogP contribution in [0.3, 0.4) is 0 Å². The van der Waals surface area contributed by atoms with E-state index in [9.17, 15) is 2.74 Å². The zero-order chi connectivity index (χ0) is 42.8. The van der Waals surface area contributed by atoms with Gasteiger partial charge in [-0.15, -0.1) is 11.3 Å². The van der Waals surface area contributed by atoms with Gasteiger partial charge in [0.1, 0.15) is 0 Å². The number of hydrogen-bond acceptors (Lipinski definition) is 3. The Bertz CT molecular complexity index is 3120. The highest BCUT2D eigenvalue weighted by atomic mass is 32.1. The molecule has 0 unspecified atom stereocenters. The molecule has 0 N–H and O–H groups in total. The van der Waals surface area contributed by atoms with E-state index in [2.05, 4.69) is 119 Å². The van der Waals surface area contributed by atoms with Crippen LogP contribution >= 0.6 is 11.3 Å². The summed E-state index contributed by atoms with van der Waals surface area (Å²) in [5.41, 5.74) is 9.06. The van der Waals surface area contributed by atoms with Crippen LogP contribution in [0.2, 0.25) is 0 Å². The molecule has 0 bridgehead atoms. The third kappa shape index (κ3) is 5.39. The zero-order valence-corrected chi connectivity index (χ0v) is 32.2. The van der Waals surface area contributed by atoms with Crippen LogP contribution in [0.15, 0.2) is 230 Å². The van der Waals surface area contributed by atoms with Crippen molar-refractivity contribution >= 4 is 65.6 Å². The quantitative estimate of drug-likeness (QED) is 0.152. The molecule has 0 saturated carbocycles. The highest BCUT2D eigenvalue weighted by Gasteiger charge is 2.47. The minimum Gasteiger partial charge on any atom is -0.310 e. The summed E-state index contributed by atoms with van der Waals surface area (Å²) in [6, 6.07) is 67.1. The van der Waals surface area contributed by atoms with Gasteiger partial charge in [0, 0.05) is 54.3 Å². The van der Waals surface area contributed by atoms with Crippen LogP contribution < -0.4 is 9.80 Å². The first-order valence-electron chi connectivity index (χ1n) is 21.9. The van der Waals surface area contributed by atoms with E-state index in [1.165, 1.54) is 0 Å². The van der Waals surface area contributed by atoms with E-state index >= 15 is 0 Å². The maximum Gasteiger partial charge on any atom is 0.0727 e. The van der Waals surface area contributed by atoms with Gasteiger partial charge in [0.05, 0.1) is 12.3 Å². The van der Waals surface area contributed by atoms with E-state index in [4.69, 9.17) is 4.11 Å². The molecule has 0 amide bonds. The molecule has 1 aliphatic rings. The first-order valence-corrected chi connectivity index (χ1v) is 20.3.